The van der Waals surface area contributed by atoms with E-state index in [0.717, 1.165) is 11.4 Å². The van der Waals surface area contributed by atoms with Gasteiger partial charge in [0, 0.05) is 12.8 Å². The molecular formula is C14H21N3O2. The minimum atomic E-state index is -0.270. The second-order valence-electron chi connectivity index (χ2n) is 4.94. The van der Waals surface area contributed by atoms with Gasteiger partial charge in [0.2, 0.25) is 0 Å². The van der Waals surface area contributed by atoms with Gasteiger partial charge in [0.25, 0.3) is 0 Å². The van der Waals surface area contributed by atoms with Gasteiger partial charge in [0.15, 0.2) is 5.96 Å². The number of benzene rings is 1. The molecule has 2 atom stereocenters. The van der Waals surface area contributed by atoms with Crippen molar-refractivity contribution in [2.24, 2.45) is 10.7 Å². The summed E-state index contributed by atoms with van der Waals surface area (Å²) < 4.78 is 10.7. The first-order valence-electron chi connectivity index (χ1n) is 6.30. The topological polar surface area (TPSA) is 60.1 Å². The fourth-order valence-corrected chi connectivity index (χ4v) is 2.37. The third kappa shape index (κ3) is 2.26. The van der Waals surface area contributed by atoms with Crippen LogP contribution in [0.15, 0.2) is 29.3 Å². The summed E-state index contributed by atoms with van der Waals surface area (Å²) in [6.07, 6.45) is 0.0133. The van der Waals surface area contributed by atoms with Crippen LogP contribution in [0, 0.1) is 0 Å². The molecule has 0 saturated heterocycles. The Kier molecular flexibility index (Phi) is 3.66. The molecule has 0 radical (unpaired) electrons. The summed E-state index contributed by atoms with van der Waals surface area (Å²) in [5.41, 5.74) is 6.76. The molecule has 0 amide bonds. The Bertz CT molecular complexity index is 472. The van der Waals surface area contributed by atoms with E-state index in [4.69, 9.17) is 15.2 Å². The van der Waals surface area contributed by atoms with Crippen LogP contribution < -0.4 is 15.4 Å². The summed E-state index contributed by atoms with van der Waals surface area (Å²) in [7, 11) is 3.36. The fraction of sp³-hybridized carbons (Fsp3) is 0.500. The zero-order valence-corrected chi connectivity index (χ0v) is 11.9. The second-order valence-corrected chi connectivity index (χ2v) is 4.94. The molecule has 0 aliphatic carbocycles. The molecule has 19 heavy (non-hydrogen) atoms. The molecule has 1 aliphatic heterocycles. The number of rotatable bonds is 4. The van der Waals surface area contributed by atoms with Crippen molar-refractivity contribution in [3.63, 3.8) is 0 Å². The molecule has 104 valence electrons. The number of nitrogens with two attached hydrogens (primary N) is 1. The van der Waals surface area contributed by atoms with Crippen LogP contribution in [0.2, 0.25) is 0 Å². The van der Waals surface area contributed by atoms with Crippen LogP contribution in [0.4, 0.5) is 5.69 Å². The van der Waals surface area contributed by atoms with Crippen molar-refractivity contribution in [3.8, 4) is 5.75 Å². The highest BCUT2D eigenvalue weighted by atomic mass is 16.5. The number of anilines is 1. The quantitative estimate of drug-likeness (QED) is 0.897. The molecule has 2 N–H and O–H groups in total. The zero-order chi connectivity index (χ0) is 14.0. The van der Waals surface area contributed by atoms with Gasteiger partial charge in [-0.1, -0.05) is 0 Å². The lowest BCUT2D eigenvalue weighted by Crippen LogP contribution is -2.56. The maximum absolute atomic E-state index is 6.04. The number of methoxy groups -OCH3 is 2. The molecule has 0 saturated carbocycles. The van der Waals surface area contributed by atoms with Gasteiger partial charge in [-0.05, 0) is 38.1 Å². The van der Waals surface area contributed by atoms with E-state index in [1.807, 2.05) is 36.1 Å². The van der Waals surface area contributed by atoms with E-state index in [2.05, 4.69) is 11.9 Å². The van der Waals surface area contributed by atoms with Crippen molar-refractivity contribution in [1.29, 1.82) is 0 Å². The Morgan fingerprint density at radius 3 is 2.47 bits per heavy atom. The number of hydrogen-bond donors (Lipinski definition) is 1. The van der Waals surface area contributed by atoms with Crippen molar-refractivity contribution in [1.82, 2.24) is 0 Å². The molecule has 5 heteroatoms. The van der Waals surface area contributed by atoms with Crippen LogP contribution >= 0.6 is 0 Å². The highest BCUT2D eigenvalue weighted by Gasteiger charge is 2.43. The van der Waals surface area contributed by atoms with Gasteiger partial charge in [0.1, 0.15) is 5.75 Å². The molecule has 1 aromatic carbocycles. The van der Waals surface area contributed by atoms with E-state index in [9.17, 15) is 0 Å². The highest BCUT2D eigenvalue weighted by molar-refractivity contribution is 5.98. The van der Waals surface area contributed by atoms with Crippen molar-refractivity contribution in [2.45, 2.75) is 25.5 Å². The lowest BCUT2D eigenvalue weighted by atomic mass is 9.94. The molecule has 1 aliphatic rings. The number of hydrogen-bond acceptors (Lipinski definition) is 5. The van der Waals surface area contributed by atoms with Crippen LogP contribution in [0.1, 0.15) is 13.8 Å². The van der Waals surface area contributed by atoms with Gasteiger partial charge < -0.3 is 20.1 Å². The van der Waals surface area contributed by atoms with Crippen molar-refractivity contribution in [3.05, 3.63) is 24.3 Å². The largest absolute Gasteiger partial charge is 0.497 e. The minimum absolute atomic E-state index is 0.0133. The van der Waals surface area contributed by atoms with Crippen LogP contribution in [0.3, 0.4) is 0 Å². The average molecular weight is 263 g/mol. The fourth-order valence-electron chi connectivity index (χ4n) is 2.37. The SMILES string of the molecule is COc1ccc(N2C(N)=NCC2(C)C(C)OC)cc1. The monoisotopic (exact) mass is 263 g/mol. The Morgan fingerprint density at radius 1 is 1.32 bits per heavy atom. The average Bonchev–Trinajstić information content (AvgIpc) is 2.75. The van der Waals surface area contributed by atoms with Crippen LogP contribution in [-0.2, 0) is 4.74 Å². The van der Waals surface area contributed by atoms with E-state index in [-0.39, 0.29) is 11.6 Å². The molecule has 0 bridgehead atoms. The predicted octanol–water partition coefficient (Wildman–Crippen LogP) is 1.62. The summed E-state index contributed by atoms with van der Waals surface area (Å²) in [6.45, 7) is 4.76. The molecule has 0 spiro atoms. The summed E-state index contributed by atoms with van der Waals surface area (Å²) in [5, 5.41) is 0. The van der Waals surface area contributed by atoms with Crippen LogP contribution in [-0.4, -0.2) is 38.4 Å². The van der Waals surface area contributed by atoms with Gasteiger partial charge >= 0.3 is 0 Å². The van der Waals surface area contributed by atoms with Crippen LogP contribution in [0.25, 0.3) is 0 Å². The maximum Gasteiger partial charge on any atom is 0.196 e. The van der Waals surface area contributed by atoms with Crippen LogP contribution in [0.5, 0.6) is 5.75 Å². The first-order chi connectivity index (χ1) is 9.02. The van der Waals surface area contributed by atoms with Gasteiger partial charge in [-0.3, -0.25) is 4.99 Å². The normalized spacial score (nSPS) is 24.2. The molecule has 2 unspecified atom stereocenters. The molecule has 5 nitrogen and oxygen atoms in total. The lowest BCUT2D eigenvalue weighted by molar-refractivity contribution is 0.0645. The highest BCUT2D eigenvalue weighted by Crippen LogP contribution is 2.33. The smallest absolute Gasteiger partial charge is 0.196 e. The summed E-state index contributed by atoms with van der Waals surface area (Å²) in [5.74, 6) is 1.34. The van der Waals surface area contributed by atoms with Gasteiger partial charge in [-0.2, -0.15) is 0 Å². The zero-order valence-electron chi connectivity index (χ0n) is 11.9. The summed E-state index contributed by atoms with van der Waals surface area (Å²) >= 11 is 0. The first-order valence-corrected chi connectivity index (χ1v) is 6.30. The van der Waals surface area contributed by atoms with E-state index in [1.54, 1.807) is 14.2 Å². The Balaban J connectivity index is 2.35. The van der Waals surface area contributed by atoms with Gasteiger partial charge in [0.05, 0.1) is 25.3 Å². The Morgan fingerprint density at radius 2 is 1.95 bits per heavy atom. The van der Waals surface area contributed by atoms with Gasteiger partial charge in [-0.25, -0.2) is 0 Å². The third-order valence-electron chi connectivity index (χ3n) is 3.86. The second kappa shape index (κ2) is 5.09. The number of nitrogens with zero attached hydrogens (tertiary/aromatic N) is 2. The van der Waals surface area contributed by atoms with E-state index in [0.29, 0.717) is 12.5 Å². The number of ether oxygens (including phenoxy) is 2. The number of guanidine groups is 1. The standard InChI is InChI=1S/C14H21N3O2/c1-10(18-3)14(2)9-16-13(15)17(14)11-5-7-12(19-4)8-6-11/h5-8,10H,9H2,1-4H3,(H2,15,16). The Labute approximate surface area is 114 Å². The van der Waals surface area contributed by atoms with E-state index >= 15 is 0 Å². The Hall–Kier alpha value is -1.75. The molecule has 1 aromatic rings. The molecular weight excluding hydrogens is 242 g/mol. The van der Waals surface area contributed by atoms with Crippen molar-refractivity contribution in [2.75, 3.05) is 25.7 Å². The predicted molar refractivity (Wildman–Crippen MR) is 76.8 cm³/mol. The van der Waals surface area contributed by atoms with Gasteiger partial charge in [-0.15, -0.1) is 0 Å². The number of aliphatic imine (C=N–C) groups is 1. The van der Waals surface area contributed by atoms with Crippen molar-refractivity contribution < 1.29 is 9.47 Å². The molecule has 1 heterocycles. The molecule has 0 fully saturated rings. The maximum atomic E-state index is 6.04. The summed E-state index contributed by atoms with van der Waals surface area (Å²) in [6, 6.07) is 7.79. The molecule has 2 rings (SSSR count). The van der Waals surface area contributed by atoms with E-state index < -0.39 is 0 Å². The molecule has 0 aromatic heterocycles. The first kappa shape index (κ1) is 13.7. The minimum Gasteiger partial charge on any atom is -0.497 e. The third-order valence-corrected chi connectivity index (χ3v) is 3.86. The lowest BCUT2D eigenvalue weighted by Gasteiger charge is -2.40. The summed E-state index contributed by atoms with van der Waals surface area (Å²) in [4.78, 5) is 6.40. The van der Waals surface area contributed by atoms with E-state index in [1.165, 1.54) is 0 Å². The van der Waals surface area contributed by atoms with Crippen molar-refractivity contribution >= 4 is 11.6 Å².